The highest BCUT2D eigenvalue weighted by molar-refractivity contribution is 7.89. The van der Waals surface area contributed by atoms with Crippen molar-refractivity contribution in [3.63, 3.8) is 0 Å². The van der Waals surface area contributed by atoms with Crippen molar-refractivity contribution in [3.8, 4) is 10.6 Å². The molecule has 0 atom stereocenters. The van der Waals surface area contributed by atoms with Crippen LogP contribution in [0.3, 0.4) is 0 Å². The van der Waals surface area contributed by atoms with Crippen LogP contribution in [0, 0.1) is 0 Å². The molecule has 4 rings (SSSR count). The third-order valence-corrected chi connectivity index (χ3v) is 6.27. The highest BCUT2D eigenvalue weighted by Gasteiger charge is 2.10. The first-order valence-corrected chi connectivity index (χ1v) is 11.8. The van der Waals surface area contributed by atoms with Gasteiger partial charge in [-0.05, 0) is 54.1 Å². The second kappa shape index (κ2) is 7.77. The van der Waals surface area contributed by atoms with E-state index in [1.165, 1.54) is 6.26 Å². The molecule has 4 aromatic rings. The van der Waals surface area contributed by atoms with Gasteiger partial charge in [-0.1, -0.05) is 24.3 Å². The minimum atomic E-state index is -3.10. The Bertz CT molecular complexity index is 1240. The summed E-state index contributed by atoms with van der Waals surface area (Å²) in [5.74, 6) is -0.286. The molecule has 29 heavy (non-hydrogen) atoms. The van der Waals surface area contributed by atoms with Gasteiger partial charge in [-0.3, -0.25) is 4.79 Å². The minimum absolute atomic E-state index is 0.0396. The number of nitrogens with one attached hydrogen (secondary N) is 1. The molecular weight excluding hydrogens is 404 g/mol. The summed E-state index contributed by atoms with van der Waals surface area (Å²) in [7, 11) is -3.10. The average Bonchev–Trinajstić information content (AvgIpc) is 3.12. The summed E-state index contributed by atoms with van der Waals surface area (Å²) < 4.78 is 23.9. The van der Waals surface area contributed by atoms with Crippen molar-refractivity contribution in [3.05, 3.63) is 83.9 Å². The second-order valence-corrected chi connectivity index (χ2v) is 9.96. The zero-order valence-corrected chi connectivity index (χ0v) is 17.3. The van der Waals surface area contributed by atoms with Crippen molar-refractivity contribution >= 4 is 43.0 Å². The highest BCUT2D eigenvalue weighted by Crippen LogP contribution is 2.30. The molecule has 0 aliphatic heterocycles. The Labute approximate surface area is 173 Å². The lowest BCUT2D eigenvalue weighted by atomic mass is 10.1. The van der Waals surface area contributed by atoms with Crippen molar-refractivity contribution in [2.24, 2.45) is 0 Å². The van der Waals surface area contributed by atoms with E-state index in [0.717, 1.165) is 20.8 Å². The Kier molecular flexibility index (Phi) is 5.17. The van der Waals surface area contributed by atoms with E-state index >= 15 is 0 Å². The van der Waals surface area contributed by atoms with Crippen LogP contribution in [0.5, 0.6) is 0 Å². The van der Waals surface area contributed by atoms with Crippen molar-refractivity contribution in [1.82, 2.24) is 4.98 Å². The van der Waals surface area contributed by atoms with Crippen molar-refractivity contribution < 1.29 is 13.2 Å². The number of thiazole rings is 1. The molecule has 1 heterocycles. The molecule has 1 N–H and O–H groups in total. The van der Waals surface area contributed by atoms with Gasteiger partial charge < -0.3 is 5.32 Å². The molecule has 0 saturated heterocycles. The molecule has 3 aromatic carbocycles. The molecule has 146 valence electrons. The summed E-state index contributed by atoms with van der Waals surface area (Å²) >= 11 is 1.63. The SMILES string of the molecule is CS(=O)(=O)Cc1ccc(C(=O)Nc2ccc(-c3nc4ccccc4s3)cc2)cc1. The normalized spacial score (nSPS) is 11.5. The first-order chi connectivity index (χ1) is 13.9. The Morgan fingerprint density at radius 3 is 2.31 bits per heavy atom. The van der Waals surface area contributed by atoms with E-state index in [1.54, 1.807) is 35.6 Å². The smallest absolute Gasteiger partial charge is 0.255 e. The number of hydrogen-bond acceptors (Lipinski definition) is 5. The fraction of sp³-hybridized carbons (Fsp3) is 0.0909. The average molecular weight is 423 g/mol. The standard InChI is InChI=1S/C22H18N2O3S2/c1-29(26,27)14-15-6-8-16(9-7-15)21(25)23-18-12-10-17(11-13-18)22-24-19-4-2-3-5-20(19)28-22/h2-13H,14H2,1H3,(H,23,25). The topological polar surface area (TPSA) is 76.1 Å². The number of fused-ring (bicyclic) bond motifs is 1. The van der Waals surface area contributed by atoms with Crippen LogP contribution in [-0.4, -0.2) is 25.6 Å². The lowest BCUT2D eigenvalue weighted by Gasteiger charge is -2.07. The second-order valence-electron chi connectivity index (χ2n) is 6.79. The lowest BCUT2D eigenvalue weighted by Crippen LogP contribution is -2.12. The summed E-state index contributed by atoms with van der Waals surface area (Å²) in [5, 5.41) is 3.79. The van der Waals surface area contributed by atoms with Crippen LogP contribution in [0.4, 0.5) is 5.69 Å². The number of benzene rings is 3. The molecule has 0 fully saturated rings. The molecule has 0 aliphatic rings. The molecule has 1 aromatic heterocycles. The molecule has 0 bridgehead atoms. The predicted molar refractivity (Wildman–Crippen MR) is 118 cm³/mol. The number of sulfone groups is 1. The number of carbonyl (C=O) groups excluding carboxylic acids is 1. The molecule has 0 aliphatic carbocycles. The number of hydrogen-bond donors (Lipinski definition) is 1. The highest BCUT2D eigenvalue weighted by atomic mass is 32.2. The van der Waals surface area contributed by atoms with E-state index in [-0.39, 0.29) is 11.7 Å². The minimum Gasteiger partial charge on any atom is -0.322 e. The lowest BCUT2D eigenvalue weighted by molar-refractivity contribution is 0.102. The molecule has 0 saturated carbocycles. The van der Waals surface area contributed by atoms with Crippen LogP contribution < -0.4 is 5.32 Å². The van der Waals surface area contributed by atoms with Crippen LogP contribution in [0.1, 0.15) is 15.9 Å². The van der Waals surface area contributed by atoms with Gasteiger partial charge in [0.15, 0.2) is 9.84 Å². The fourth-order valence-electron chi connectivity index (χ4n) is 2.95. The largest absolute Gasteiger partial charge is 0.322 e. The monoisotopic (exact) mass is 422 g/mol. The first-order valence-electron chi connectivity index (χ1n) is 8.91. The quantitative estimate of drug-likeness (QED) is 0.503. The summed E-state index contributed by atoms with van der Waals surface area (Å²) in [4.78, 5) is 17.1. The number of nitrogens with zero attached hydrogens (tertiary/aromatic N) is 1. The van der Waals surface area contributed by atoms with Gasteiger partial charge in [0.2, 0.25) is 0 Å². The molecule has 5 nitrogen and oxygen atoms in total. The zero-order chi connectivity index (χ0) is 20.4. The number of anilines is 1. The van der Waals surface area contributed by atoms with Gasteiger partial charge in [0.1, 0.15) is 5.01 Å². The Morgan fingerprint density at radius 1 is 0.966 bits per heavy atom. The van der Waals surface area contributed by atoms with Crippen LogP contribution in [0.2, 0.25) is 0 Å². The van der Waals surface area contributed by atoms with Crippen molar-refractivity contribution in [1.29, 1.82) is 0 Å². The summed E-state index contributed by atoms with van der Waals surface area (Å²) in [6.07, 6.45) is 1.19. The van der Waals surface area contributed by atoms with Gasteiger partial charge in [-0.15, -0.1) is 11.3 Å². The van der Waals surface area contributed by atoms with E-state index in [4.69, 9.17) is 0 Å². The molecule has 0 spiro atoms. The summed E-state index contributed by atoms with van der Waals surface area (Å²) in [6.45, 7) is 0. The fourth-order valence-corrected chi connectivity index (χ4v) is 4.72. The van der Waals surface area contributed by atoms with Gasteiger partial charge in [0.05, 0.1) is 16.0 Å². The Hall–Kier alpha value is -3.03. The molecular formula is C22H18N2O3S2. The van der Waals surface area contributed by atoms with Crippen LogP contribution in [0.25, 0.3) is 20.8 Å². The summed E-state index contributed by atoms with van der Waals surface area (Å²) in [5.41, 5.74) is 3.78. The van der Waals surface area contributed by atoms with Gasteiger partial charge in [-0.25, -0.2) is 13.4 Å². The van der Waals surface area contributed by atoms with Gasteiger partial charge in [0, 0.05) is 23.1 Å². The van der Waals surface area contributed by atoms with E-state index in [0.29, 0.717) is 16.8 Å². The van der Waals surface area contributed by atoms with Crippen LogP contribution in [-0.2, 0) is 15.6 Å². The Morgan fingerprint density at radius 2 is 1.66 bits per heavy atom. The van der Waals surface area contributed by atoms with Crippen LogP contribution >= 0.6 is 11.3 Å². The van der Waals surface area contributed by atoms with E-state index in [9.17, 15) is 13.2 Å². The molecule has 0 unspecified atom stereocenters. The van der Waals surface area contributed by atoms with Gasteiger partial charge in [-0.2, -0.15) is 0 Å². The third-order valence-electron chi connectivity index (χ3n) is 4.33. The van der Waals surface area contributed by atoms with Crippen LogP contribution in [0.15, 0.2) is 72.8 Å². The van der Waals surface area contributed by atoms with E-state index < -0.39 is 9.84 Å². The Balaban J connectivity index is 1.46. The maximum atomic E-state index is 12.4. The number of rotatable bonds is 5. The molecule has 0 radical (unpaired) electrons. The van der Waals surface area contributed by atoms with Crippen molar-refractivity contribution in [2.45, 2.75) is 5.75 Å². The van der Waals surface area contributed by atoms with E-state index in [1.807, 2.05) is 48.5 Å². The molecule has 7 heteroatoms. The summed E-state index contributed by atoms with van der Waals surface area (Å²) in [6, 6.07) is 22.1. The maximum absolute atomic E-state index is 12.4. The first kappa shape index (κ1) is 19.3. The molecule has 1 amide bonds. The third kappa shape index (κ3) is 4.70. The van der Waals surface area contributed by atoms with Gasteiger partial charge in [0.25, 0.3) is 5.91 Å². The number of amides is 1. The number of carbonyl (C=O) groups is 1. The van der Waals surface area contributed by atoms with Crippen molar-refractivity contribution in [2.75, 3.05) is 11.6 Å². The maximum Gasteiger partial charge on any atom is 0.255 e. The zero-order valence-electron chi connectivity index (χ0n) is 15.6. The predicted octanol–water partition coefficient (Wildman–Crippen LogP) is 4.76. The number of para-hydroxylation sites is 1. The van der Waals surface area contributed by atoms with Gasteiger partial charge >= 0.3 is 0 Å². The van der Waals surface area contributed by atoms with E-state index in [2.05, 4.69) is 10.3 Å². The number of aromatic nitrogens is 1.